The molecule has 3 heteroatoms. The van der Waals surface area contributed by atoms with Crippen LogP contribution in [0.3, 0.4) is 0 Å². The Morgan fingerprint density at radius 2 is 1.81 bits per heavy atom. The van der Waals surface area contributed by atoms with Crippen LogP contribution in [0.2, 0.25) is 0 Å². The highest BCUT2D eigenvalue weighted by atomic mass is 19.1. The fourth-order valence-corrected chi connectivity index (χ4v) is 2.27. The van der Waals surface area contributed by atoms with Crippen LogP contribution >= 0.6 is 0 Å². The Morgan fingerprint density at radius 3 is 2.43 bits per heavy atom. The Bertz CT molecular complexity index is 590. The zero-order valence-corrected chi connectivity index (χ0v) is 12.9. The Hall–Kier alpha value is -1.87. The number of halogens is 1. The number of hydrogen-bond acceptors (Lipinski definition) is 2. The lowest BCUT2D eigenvalue weighted by molar-refractivity contribution is 0.288. The third-order valence-corrected chi connectivity index (χ3v) is 3.59. The number of hydrogen-bond donors (Lipinski definition) is 1. The maximum atomic E-state index is 14.0. The molecule has 2 nitrogen and oxygen atoms in total. The molecule has 0 amide bonds. The van der Waals surface area contributed by atoms with Gasteiger partial charge in [-0.05, 0) is 54.8 Å². The van der Waals surface area contributed by atoms with Gasteiger partial charge in [-0.25, -0.2) is 4.39 Å². The minimum Gasteiger partial charge on any atom is -0.486 e. The molecule has 0 atom stereocenters. The standard InChI is InChI=1S/C18H22FNO/c1-4-20-11-15-8-9-18(17(19)10-15)21-12-16-13(2)6-5-7-14(16)3/h5-10,20H,4,11-12H2,1-3H3. The number of rotatable bonds is 6. The van der Waals surface area contributed by atoms with Crippen LogP contribution in [0, 0.1) is 19.7 Å². The summed E-state index contributed by atoms with van der Waals surface area (Å²) in [5.41, 5.74) is 4.38. The average Bonchev–Trinajstić information content (AvgIpc) is 2.46. The Morgan fingerprint density at radius 1 is 1.10 bits per heavy atom. The third kappa shape index (κ3) is 4.05. The molecule has 21 heavy (non-hydrogen) atoms. The van der Waals surface area contributed by atoms with Gasteiger partial charge in [-0.2, -0.15) is 0 Å². The van der Waals surface area contributed by atoms with Gasteiger partial charge < -0.3 is 10.1 Å². The van der Waals surface area contributed by atoms with Gasteiger partial charge in [0.2, 0.25) is 0 Å². The smallest absolute Gasteiger partial charge is 0.165 e. The van der Waals surface area contributed by atoms with Crippen molar-refractivity contribution in [1.29, 1.82) is 0 Å². The van der Waals surface area contributed by atoms with Crippen molar-refractivity contribution in [3.05, 3.63) is 64.5 Å². The van der Waals surface area contributed by atoms with Crippen LogP contribution in [0.15, 0.2) is 36.4 Å². The van der Waals surface area contributed by atoms with Crippen molar-refractivity contribution in [3.63, 3.8) is 0 Å². The van der Waals surface area contributed by atoms with E-state index in [4.69, 9.17) is 4.74 Å². The second-order valence-electron chi connectivity index (χ2n) is 5.20. The van der Waals surface area contributed by atoms with E-state index in [-0.39, 0.29) is 5.82 Å². The van der Waals surface area contributed by atoms with E-state index in [9.17, 15) is 4.39 Å². The SMILES string of the molecule is CCNCc1ccc(OCc2c(C)cccc2C)c(F)c1. The van der Waals surface area contributed by atoms with Crippen LogP contribution in [0.1, 0.15) is 29.2 Å². The summed E-state index contributed by atoms with van der Waals surface area (Å²) in [4.78, 5) is 0. The van der Waals surface area contributed by atoms with Gasteiger partial charge in [0.1, 0.15) is 6.61 Å². The number of ether oxygens (including phenoxy) is 1. The number of benzene rings is 2. The van der Waals surface area contributed by atoms with Gasteiger partial charge in [0.25, 0.3) is 0 Å². The minimum absolute atomic E-state index is 0.304. The molecule has 0 aliphatic rings. The van der Waals surface area contributed by atoms with Gasteiger partial charge >= 0.3 is 0 Å². The average molecular weight is 287 g/mol. The van der Waals surface area contributed by atoms with Crippen molar-refractivity contribution >= 4 is 0 Å². The quantitative estimate of drug-likeness (QED) is 0.862. The molecule has 0 heterocycles. The molecule has 1 N–H and O–H groups in total. The van der Waals surface area contributed by atoms with E-state index in [0.717, 1.165) is 17.7 Å². The number of nitrogens with one attached hydrogen (secondary N) is 1. The van der Waals surface area contributed by atoms with Crippen LogP contribution in [-0.4, -0.2) is 6.54 Å². The summed E-state index contributed by atoms with van der Waals surface area (Å²) in [5.74, 6) is -0.00505. The number of aryl methyl sites for hydroxylation is 2. The summed E-state index contributed by atoms with van der Waals surface area (Å²) >= 11 is 0. The van der Waals surface area contributed by atoms with Crippen molar-refractivity contribution in [2.24, 2.45) is 0 Å². The van der Waals surface area contributed by atoms with E-state index < -0.39 is 0 Å². The molecule has 0 saturated heterocycles. The highest BCUT2D eigenvalue weighted by Gasteiger charge is 2.07. The molecular formula is C18H22FNO. The molecule has 0 saturated carbocycles. The second kappa shape index (κ2) is 7.23. The zero-order valence-electron chi connectivity index (χ0n) is 12.9. The molecule has 2 aromatic carbocycles. The first-order valence-electron chi connectivity index (χ1n) is 7.29. The summed E-state index contributed by atoms with van der Waals surface area (Å²) in [6, 6.07) is 11.2. The van der Waals surface area contributed by atoms with Crippen LogP contribution in [-0.2, 0) is 13.2 Å². The molecule has 0 unspecified atom stereocenters. The van der Waals surface area contributed by atoms with Gasteiger partial charge in [-0.1, -0.05) is 31.2 Å². The zero-order chi connectivity index (χ0) is 15.2. The van der Waals surface area contributed by atoms with E-state index in [1.165, 1.54) is 17.2 Å². The predicted molar refractivity (Wildman–Crippen MR) is 84.0 cm³/mol. The first-order valence-corrected chi connectivity index (χ1v) is 7.29. The summed E-state index contributed by atoms with van der Waals surface area (Å²) in [6.45, 7) is 8.04. The summed E-state index contributed by atoms with van der Waals surface area (Å²) < 4.78 is 19.7. The first-order chi connectivity index (χ1) is 10.1. The summed E-state index contributed by atoms with van der Waals surface area (Å²) in [5, 5.41) is 3.18. The molecular weight excluding hydrogens is 265 g/mol. The van der Waals surface area contributed by atoms with E-state index in [0.29, 0.717) is 18.9 Å². The van der Waals surface area contributed by atoms with E-state index >= 15 is 0 Å². The molecule has 0 bridgehead atoms. The molecule has 0 aliphatic carbocycles. The summed E-state index contributed by atoms with van der Waals surface area (Å²) in [7, 11) is 0. The molecule has 0 fully saturated rings. The van der Waals surface area contributed by atoms with Crippen LogP contribution in [0.25, 0.3) is 0 Å². The van der Waals surface area contributed by atoms with Crippen molar-refractivity contribution < 1.29 is 9.13 Å². The lowest BCUT2D eigenvalue weighted by atomic mass is 10.0. The van der Waals surface area contributed by atoms with Gasteiger partial charge in [-0.3, -0.25) is 0 Å². The fourth-order valence-electron chi connectivity index (χ4n) is 2.27. The van der Waals surface area contributed by atoms with E-state index in [1.807, 2.05) is 45.0 Å². The highest BCUT2D eigenvalue weighted by molar-refractivity contribution is 5.34. The van der Waals surface area contributed by atoms with Crippen molar-refractivity contribution in [1.82, 2.24) is 5.32 Å². The molecule has 0 spiro atoms. The summed E-state index contributed by atoms with van der Waals surface area (Å²) in [6.07, 6.45) is 0. The third-order valence-electron chi connectivity index (χ3n) is 3.59. The predicted octanol–water partition coefficient (Wildman–Crippen LogP) is 4.13. The van der Waals surface area contributed by atoms with Crippen LogP contribution in [0.4, 0.5) is 4.39 Å². The molecule has 2 rings (SSSR count). The lowest BCUT2D eigenvalue weighted by Crippen LogP contribution is -2.12. The normalized spacial score (nSPS) is 10.7. The Kier molecular flexibility index (Phi) is 5.34. The van der Waals surface area contributed by atoms with Crippen molar-refractivity contribution in [2.45, 2.75) is 33.9 Å². The van der Waals surface area contributed by atoms with Gasteiger partial charge in [0.15, 0.2) is 11.6 Å². The first kappa shape index (κ1) is 15.5. The Labute approximate surface area is 126 Å². The highest BCUT2D eigenvalue weighted by Crippen LogP contribution is 2.21. The van der Waals surface area contributed by atoms with Crippen molar-refractivity contribution in [3.8, 4) is 5.75 Å². The fraction of sp³-hybridized carbons (Fsp3) is 0.333. The lowest BCUT2D eigenvalue weighted by Gasteiger charge is -2.12. The van der Waals surface area contributed by atoms with E-state index in [2.05, 4.69) is 5.32 Å². The van der Waals surface area contributed by atoms with Crippen LogP contribution in [0.5, 0.6) is 5.75 Å². The molecule has 112 valence electrons. The maximum Gasteiger partial charge on any atom is 0.165 e. The monoisotopic (exact) mass is 287 g/mol. The topological polar surface area (TPSA) is 21.3 Å². The Balaban J connectivity index is 2.06. The van der Waals surface area contributed by atoms with Gasteiger partial charge in [0.05, 0.1) is 0 Å². The van der Waals surface area contributed by atoms with Crippen LogP contribution < -0.4 is 10.1 Å². The second-order valence-corrected chi connectivity index (χ2v) is 5.20. The van der Waals surface area contributed by atoms with Gasteiger partial charge in [-0.15, -0.1) is 0 Å². The van der Waals surface area contributed by atoms with Gasteiger partial charge in [0, 0.05) is 6.54 Å². The van der Waals surface area contributed by atoms with E-state index in [1.54, 1.807) is 6.07 Å². The minimum atomic E-state index is -0.309. The molecule has 0 radical (unpaired) electrons. The molecule has 0 aliphatic heterocycles. The largest absolute Gasteiger partial charge is 0.486 e. The van der Waals surface area contributed by atoms with Crippen molar-refractivity contribution in [2.75, 3.05) is 6.54 Å². The maximum absolute atomic E-state index is 14.0. The molecule has 0 aromatic heterocycles. The molecule has 2 aromatic rings.